The fraction of sp³-hybridized carbons (Fsp3) is 0.600. The summed E-state index contributed by atoms with van der Waals surface area (Å²) >= 11 is 3.64. The lowest BCUT2D eigenvalue weighted by atomic mass is 10.0. The summed E-state index contributed by atoms with van der Waals surface area (Å²) < 4.78 is 0. The minimum Gasteiger partial charge on any atom is -0.242 e. The Balaban J connectivity index is 2.82. The van der Waals surface area contributed by atoms with E-state index in [4.69, 9.17) is 0 Å². The molecule has 1 heterocycles. The molecule has 2 unspecified atom stereocenters. The maximum absolute atomic E-state index is 4.27. The topological polar surface area (TPSA) is 25.8 Å². The van der Waals surface area contributed by atoms with E-state index in [0.717, 1.165) is 17.8 Å². The van der Waals surface area contributed by atoms with Gasteiger partial charge in [-0.3, -0.25) is 0 Å². The van der Waals surface area contributed by atoms with Gasteiger partial charge in [0.05, 0.1) is 0 Å². The van der Waals surface area contributed by atoms with Crippen molar-refractivity contribution in [2.75, 3.05) is 0 Å². The Morgan fingerprint density at radius 1 is 1.46 bits per heavy atom. The van der Waals surface area contributed by atoms with Crippen molar-refractivity contribution in [1.82, 2.24) is 9.97 Å². The van der Waals surface area contributed by atoms with E-state index in [1.165, 1.54) is 0 Å². The minimum absolute atomic E-state index is 0.451. The molecule has 2 atom stereocenters. The second kappa shape index (κ2) is 4.70. The van der Waals surface area contributed by atoms with Gasteiger partial charge in [0.2, 0.25) is 0 Å². The van der Waals surface area contributed by atoms with Gasteiger partial charge in [0.1, 0.15) is 6.33 Å². The Morgan fingerprint density at radius 2 is 2.15 bits per heavy atom. The van der Waals surface area contributed by atoms with Crippen molar-refractivity contribution in [3.63, 3.8) is 0 Å². The molecule has 0 fully saturated rings. The van der Waals surface area contributed by atoms with Crippen LogP contribution in [-0.4, -0.2) is 14.8 Å². The van der Waals surface area contributed by atoms with Gasteiger partial charge in [0.15, 0.2) is 0 Å². The molecule has 0 spiro atoms. The van der Waals surface area contributed by atoms with Gasteiger partial charge < -0.3 is 0 Å². The summed E-state index contributed by atoms with van der Waals surface area (Å²) in [6, 6.07) is 2.05. The van der Waals surface area contributed by atoms with Gasteiger partial charge in [-0.05, 0) is 19.4 Å². The first-order valence-electron chi connectivity index (χ1n) is 4.57. The van der Waals surface area contributed by atoms with Crippen molar-refractivity contribution >= 4 is 15.9 Å². The van der Waals surface area contributed by atoms with Gasteiger partial charge in [-0.1, -0.05) is 29.8 Å². The summed E-state index contributed by atoms with van der Waals surface area (Å²) in [7, 11) is 0. The van der Waals surface area contributed by atoms with E-state index in [1.54, 1.807) is 6.33 Å². The Kier molecular flexibility index (Phi) is 3.85. The molecule has 72 valence electrons. The normalized spacial score (nSPS) is 15.4. The fourth-order valence-corrected chi connectivity index (χ4v) is 1.53. The first-order valence-corrected chi connectivity index (χ1v) is 5.49. The molecule has 0 aliphatic heterocycles. The first-order chi connectivity index (χ1) is 6.15. The van der Waals surface area contributed by atoms with Gasteiger partial charge in [-0.2, -0.15) is 0 Å². The molecule has 0 aliphatic rings. The standard InChI is InChI=1S/C10H15BrN2/c1-4-9(11)8(3)10-5-7(2)12-6-13-10/h5-6,8-9H,4H2,1-3H3. The highest BCUT2D eigenvalue weighted by Gasteiger charge is 2.15. The lowest BCUT2D eigenvalue weighted by molar-refractivity contribution is 0.671. The summed E-state index contributed by atoms with van der Waals surface area (Å²) in [5.74, 6) is 0.451. The first kappa shape index (κ1) is 10.6. The number of nitrogens with zero attached hydrogens (tertiary/aromatic N) is 2. The third-order valence-electron chi connectivity index (χ3n) is 2.22. The summed E-state index contributed by atoms with van der Waals surface area (Å²) in [4.78, 5) is 8.85. The third-order valence-corrected chi connectivity index (χ3v) is 3.66. The quantitative estimate of drug-likeness (QED) is 0.762. The fourth-order valence-electron chi connectivity index (χ4n) is 1.26. The van der Waals surface area contributed by atoms with Crippen LogP contribution in [0.25, 0.3) is 0 Å². The van der Waals surface area contributed by atoms with Gasteiger partial charge in [0, 0.05) is 22.1 Å². The van der Waals surface area contributed by atoms with E-state index in [-0.39, 0.29) is 0 Å². The smallest absolute Gasteiger partial charge is 0.115 e. The number of rotatable bonds is 3. The van der Waals surface area contributed by atoms with Gasteiger partial charge in [-0.25, -0.2) is 9.97 Å². The molecule has 0 saturated heterocycles. The van der Waals surface area contributed by atoms with Crippen LogP contribution in [0.1, 0.15) is 37.6 Å². The monoisotopic (exact) mass is 242 g/mol. The predicted octanol–water partition coefficient (Wildman–Crippen LogP) is 3.06. The zero-order chi connectivity index (χ0) is 9.84. The number of halogens is 1. The highest BCUT2D eigenvalue weighted by molar-refractivity contribution is 9.09. The molecular formula is C10H15BrN2. The van der Waals surface area contributed by atoms with Gasteiger partial charge in [0.25, 0.3) is 0 Å². The molecule has 0 saturated carbocycles. The van der Waals surface area contributed by atoms with Crippen molar-refractivity contribution in [2.45, 2.75) is 37.9 Å². The highest BCUT2D eigenvalue weighted by atomic mass is 79.9. The Hall–Kier alpha value is -0.440. The van der Waals surface area contributed by atoms with E-state index in [9.17, 15) is 0 Å². The van der Waals surface area contributed by atoms with Crippen LogP contribution in [0.5, 0.6) is 0 Å². The lowest BCUT2D eigenvalue weighted by Crippen LogP contribution is -2.09. The molecule has 1 aromatic rings. The van der Waals surface area contributed by atoms with Crippen LogP contribution >= 0.6 is 15.9 Å². The van der Waals surface area contributed by atoms with Crippen molar-refractivity contribution in [2.24, 2.45) is 0 Å². The van der Waals surface area contributed by atoms with Crippen molar-refractivity contribution in [1.29, 1.82) is 0 Å². The van der Waals surface area contributed by atoms with Crippen LogP contribution in [0.2, 0.25) is 0 Å². The predicted molar refractivity (Wildman–Crippen MR) is 58.2 cm³/mol. The van der Waals surface area contributed by atoms with Crippen LogP contribution in [0.3, 0.4) is 0 Å². The SMILES string of the molecule is CCC(Br)C(C)c1cc(C)ncn1. The molecule has 3 heteroatoms. The molecule has 2 nitrogen and oxygen atoms in total. The second-order valence-electron chi connectivity index (χ2n) is 3.30. The highest BCUT2D eigenvalue weighted by Crippen LogP contribution is 2.25. The number of hydrogen-bond donors (Lipinski definition) is 0. The molecule has 0 N–H and O–H groups in total. The maximum atomic E-state index is 4.27. The van der Waals surface area contributed by atoms with Crippen LogP contribution in [0, 0.1) is 6.92 Å². The van der Waals surface area contributed by atoms with Crippen LogP contribution in [-0.2, 0) is 0 Å². The number of aryl methyl sites for hydroxylation is 1. The Bertz CT molecular complexity index is 275. The van der Waals surface area contributed by atoms with Crippen LogP contribution < -0.4 is 0 Å². The maximum Gasteiger partial charge on any atom is 0.115 e. The average Bonchev–Trinajstić information content (AvgIpc) is 2.15. The summed E-state index contributed by atoms with van der Waals surface area (Å²) in [5, 5.41) is 0. The molecule has 0 aliphatic carbocycles. The van der Waals surface area contributed by atoms with E-state index in [1.807, 2.05) is 6.92 Å². The zero-order valence-electron chi connectivity index (χ0n) is 8.29. The summed E-state index contributed by atoms with van der Waals surface area (Å²) in [6.07, 6.45) is 2.75. The van der Waals surface area contributed by atoms with Crippen LogP contribution in [0.4, 0.5) is 0 Å². The number of aromatic nitrogens is 2. The minimum atomic E-state index is 0.451. The molecule has 13 heavy (non-hydrogen) atoms. The molecule has 0 radical (unpaired) electrons. The number of alkyl halides is 1. The summed E-state index contributed by atoms with van der Waals surface area (Å²) in [6.45, 7) is 6.35. The van der Waals surface area contributed by atoms with E-state index in [2.05, 4.69) is 45.8 Å². The van der Waals surface area contributed by atoms with Gasteiger partial charge >= 0.3 is 0 Å². The molecule has 0 bridgehead atoms. The second-order valence-corrected chi connectivity index (χ2v) is 4.47. The summed E-state index contributed by atoms with van der Waals surface area (Å²) in [5.41, 5.74) is 2.16. The van der Waals surface area contributed by atoms with Gasteiger partial charge in [-0.15, -0.1) is 0 Å². The zero-order valence-corrected chi connectivity index (χ0v) is 9.87. The average molecular weight is 243 g/mol. The van der Waals surface area contributed by atoms with Crippen molar-refractivity contribution in [3.05, 3.63) is 23.8 Å². The van der Waals surface area contributed by atoms with E-state index < -0.39 is 0 Å². The van der Waals surface area contributed by atoms with Crippen molar-refractivity contribution < 1.29 is 0 Å². The molecule has 1 rings (SSSR count). The van der Waals surface area contributed by atoms with E-state index in [0.29, 0.717) is 10.7 Å². The molecule has 1 aromatic heterocycles. The van der Waals surface area contributed by atoms with Crippen molar-refractivity contribution in [3.8, 4) is 0 Å². The molecule has 0 amide bonds. The largest absolute Gasteiger partial charge is 0.242 e. The molecular weight excluding hydrogens is 228 g/mol. The Labute approximate surface area is 87.9 Å². The number of hydrogen-bond acceptors (Lipinski definition) is 2. The molecule has 0 aromatic carbocycles. The van der Waals surface area contributed by atoms with Crippen LogP contribution in [0.15, 0.2) is 12.4 Å². The Morgan fingerprint density at radius 3 is 2.69 bits per heavy atom. The van der Waals surface area contributed by atoms with E-state index >= 15 is 0 Å². The lowest BCUT2D eigenvalue weighted by Gasteiger charge is -2.15. The third kappa shape index (κ3) is 2.76.